The number of hydrogen-bond acceptors (Lipinski definition) is 4. The van der Waals surface area contributed by atoms with Crippen molar-refractivity contribution in [3.05, 3.63) is 40.0 Å². The normalized spacial score (nSPS) is 11.3. The molecule has 0 saturated carbocycles. The first-order valence-corrected chi connectivity index (χ1v) is 5.19. The van der Waals surface area contributed by atoms with Crippen LogP contribution in [-0.2, 0) is 9.53 Å². The molecule has 18 heavy (non-hydrogen) atoms. The number of halogens is 1. The van der Waals surface area contributed by atoms with Crippen molar-refractivity contribution in [3.63, 3.8) is 0 Å². The molecule has 0 aliphatic carbocycles. The van der Waals surface area contributed by atoms with E-state index in [4.69, 9.17) is 5.53 Å². The van der Waals surface area contributed by atoms with Crippen LogP contribution in [0.25, 0.3) is 10.4 Å². The molecule has 0 spiro atoms. The Morgan fingerprint density at radius 1 is 1.61 bits per heavy atom. The van der Waals surface area contributed by atoms with Crippen molar-refractivity contribution >= 4 is 11.7 Å². The molecule has 0 heterocycles. The van der Waals surface area contributed by atoms with Crippen molar-refractivity contribution in [1.82, 2.24) is 0 Å². The van der Waals surface area contributed by atoms with Crippen molar-refractivity contribution in [2.24, 2.45) is 5.11 Å². The highest BCUT2D eigenvalue weighted by Crippen LogP contribution is 2.14. The van der Waals surface area contributed by atoms with E-state index in [1.165, 1.54) is 19.2 Å². The van der Waals surface area contributed by atoms with Crippen molar-refractivity contribution in [2.75, 3.05) is 19.0 Å². The summed E-state index contributed by atoms with van der Waals surface area (Å²) in [6.07, 6.45) is 0. The summed E-state index contributed by atoms with van der Waals surface area (Å²) in [5.41, 5.74) is 9.38. The topological polar surface area (TPSA) is 87.1 Å². The fourth-order valence-corrected chi connectivity index (χ4v) is 1.46. The predicted octanol–water partition coefficient (Wildman–Crippen LogP) is 2.40. The highest BCUT2D eigenvalue weighted by Gasteiger charge is 2.18. The molecular weight excluding hydrogens is 239 g/mol. The van der Waals surface area contributed by atoms with Crippen LogP contribution in [-0.4, -0.2) is 25.7 Å². The summed E-state index contributed by atoms with van der Waals surface area (Å²) in [7, 11) is 1.23. The Bertz CT molecular complexity index is 466. The van der Waals surface area contributed by atoms with Gasteiger partial charge < -0.3 is 10.1 Å². The van der Waals surface area contributed by atoms with Crippen LogP contribution in [0.15, 0.2) is 23.3 Å². The number of methoxy groups -OCH3 is 1. The summed E-state index contributed by atoms with van der Waals surface area (Å²) in [6.45, 7) is 1.62. The maximum absolute atomic E-state index is 13.2. The Hall–Kier alpha value is -2.27. The zero-order valence-corrected chi connectivity index (χ0v) is 10.1. The first-order chi connectivity index (χ1) is 8.56. The third-order valence-electron chi connectivity index (χ3n) is 2.20. The lowest BCUT2D eigenvalue weighted by Gasteiger charge is -2.15. The van der Waals surface area contributed by atoms with E-state index in [2.05, 4.69) is 20.1 Å². The van der Waals surface area contributed by atoms with Crippen LogP contribution >= 0.6 is 0 Å². The van der Waals surface area contributed by atoms with Gasteiger partial charge in [-0.25, -0.2) is 9.18 Å². The third-order valence-corrected chi connectivity index (χ3v) is 2.20. The number of nitrogens with one attached hydrogen (secondary N) is 1. The number of carbonyl (C=O) groups is 1. The first kappa shape index (κ1) is 13.8. The Kier molecular flexibility index (Phi) is 4.95. The molecule has 0 bridgehead atoms. The molecule has 0 fully saturated rings. The van der Waals surface area contributed by atoms with Gasteiger partial charge in [0, 0.05) is 10.6 Å². The van der Waals surface area contributed by atoms with Gasteiger partial charge in [-0.05, 0) is 36.2 Å². The van der Waals surface area contributed by atoms with Crippen LogP contribution in [0, 0.1) is 12.7 Å². The van der Waals surface area contributed by atoms with Gasteiger partial charge in [-0.1, -0.05) is 5.11 Å². The molecule has 0 saturated heterocycles. The minimum absolute atomic E-state index is 0.112. The van der Waals surface area contributed by atoms with Gasteiger partial charge in [-0.2, -0.15) is 0 Å². The number of azide groups is 1. The second-order valence-electron chi connectivity index (χ2n) is 3.65. The summed E-state index contributed by atoms with van der Waals surface area (Å²) in [5.74, 6) is -0.991. The molecule has 7 heteroatoms. The highest BCUT2D eigenvalue weighted by molar-refractivity contribution is 5.79. The summed E-state index contributed by atoms with van der Waals surface area (Å²) < 4.78 is 17.7. The molecule has 0 aliphatic rings. The third kappa shape index (κ3) is 3.95. The second-order valence-corrected chi connectivity index (χ2v) is 3.65. The molecule has 1 N–H and O–H groups in total. The second kappa shape index (κ2) is 6.46. The summed E-state index contributed by atoms with van der Waals surface area (Å²) in [5, 5.41) is 6.07. The maximum Gasteiger partial charge on any atom is 0.328 e. The van der Waals surface area contributed by atoms with Crippen LogP contribution in [0.2, 0.25) is 0 Å². The number of ether oxygens (including phenoxy) is 1. The molecular formula is C11H13FN4O2. The zero-order chi connectivity index (χ0) is 13.5. The number of hydrogen-bond donors (Lipinski definition) is 1. The van der Waals surface area contributed by atoms with E-state index in [0.717, 1.165) is 0 Å². The molecule has 0 aromatic heterocycles. The molecule has 96 valence electrons. The van der Waals surface area contributed by atoms with Gasteiger partial charge in [0.15, 0.2) is 0 Å². The van der Waals surface area contributed by atoms with Crippen LogP contribution < -0.4 is 5.32 Å². The molecule has 0 radical (unpaired) electrons. The molecule has 1 unspecified atom stereocenters. The zero-order valence-electron chi connectivity index (χ0n) is 10.1. The van der Waals surface area contributed by atoms with E-state index in [1.54, 1.807) is 13.0 Å². The van der Waals surface area contributed by atoms with Gasteiger partial charge in [0.2, 0.25) is 0 Å². The molecule has 1 atom stereocenters. The number of anilines is 1. The SMILES string of the molecule is COC(=O)C(CN=[N+]=[N-])Nc1cc(C)cc(F)c1. The van der Waals surface area contributed by atoms with Crippen molar-refractivity contribution in [1.29, 1.82) is 0 Å². The van der Waals surface area contributed by atoms with Crippen molar-refractivity contribution in [2.45, 2.75) is 13.0 Å². The van der Waals surface area contributed by atoms with Gasteiger partial charge in [0.1, 0.15) is 11.9 Å². The number of carbonyl (C=O) groups excluding carboxylic acids is 1. The standard InChI is InChI=1S/C11H13FN4O2/c1-7-3-8(12)5-9(4-7)15-10(6-14-16-13)11(17)18-2/h3-5,10,15H,6H2,1-2H3. The van der Waals surface area contributed by atoms with E-state index in [0.29, 0.717) is 11.3 Å². The number of rotatable bonds is 5. The van der Waals surface area contributed by atoms with Gasteiger partial charge in [0.25, 0.3) is 0 Å². The van der Waals surface area contributed by atoms with E-state index in [-0.39, 0.29) is 6.54 Å². The maximum atomic E-state index is 13.2. The largest absolute Gasteiger partial charge is 0.467 e. The summed E-state index contributed by atoms with van der Waals surface area (Å²) >= 11 is 0. The monoisotopic (exact) mass is 252 g/mol. The Labute approximate surface area is 103 Å². The van der Waals surface area contributed by atoms with Gasteiger partial charge in [-0.3, -0.25) is 0 Å². The quantitative estimate of drug-likeness (QED) is 0.378. The summed E-state index contributed by atoms with van der Waals surface area (Å²) in [6, 6.07) is 3.45. The van der Waals surface area contributed by atoms with Gasteiger partial charge in [-0.15, -0.1) is 0 Å². The number of aryl methyl sites for hydroxylation is 1. The lowest BCUT2D eigenvalue weighted by molar-refractivity contribution is -0.141. The van der Waals surface area contributed by atoms with Crippen LogP contribution in [0.3, 0.4) is 0 Å². The molecule has 1 aromatic carbocycles. The van der Waals surface area contributed by atoms with Crippen LogP contribution in [0.5, 0.6) is 0 Å². The van der Waals surface area contributed by atoms with Gasteiger partial charge >= 0.3 is 5.97 Å². The van der Waals surface area contributed by atoms with Gasteiger partial charge in [0.05, 0.1) is 13.7 Å². The average Bonchev–Trinajstić information content (AvgIpc) is 2.32. The lowest BCUT2D eigenvalue weighted by Crippen LogP contribution is -2.33. The lowest BCUT2D eigenvalue weighted by atomic mass is 10.2. The first-order valence-electron chi connectivity index (χ1n) is 5.19. The minimum Gasteiger partial charge on any atom is -0.467 e. The Morgan fingerprint density at radius 3 is 2.89 bits per heavy atom. The fraction of sp³-hybridized carbons (Fsp3) is 0.364. The number of nitrogens with zero attached hydrogens (tertiary/aromatic N) is 3. The smallest absolute Gasteiger partial charge is 0.328 e. The minimum atomic E-state index is -0.841. The van der Waals surface area contributed by atoms with Crippen LogP contribution in [0.4, 0.5) is 10.1 Å². The fourth-order valence-electron chi connectivity index (χ4n) is 1.46. The van der Waals surface area contributed by atoms with E-state index < -0.39 is 17.8 Å². The van der Waals surface area contributed by atoms with Crippen molar-refractivity contribution in [3.8, 4) is 0 Å². The van der Waals surface area contributed by atoms with Crippen molar-refractivity contribution < 1.29 is 13.9 Å². The predicted molar refractivity (Wildman–Crippen MR) is 64.6 cm³/mol. The van der Waals surface area contributed by atoms with E-state index >= 15 is 0 Å². The Morgan fingerprint density at radius 2 is 2.33 bits per heavy atom. The number of benzene rings is 1. The van der Waals surface area contributed by atoms with E-state index in [1.807, 2.05) is 0 Å². The molecule has 1 aromatic rings. The van der Waals surface area contributed by atoms with E-state index in [9.17, 15) is 9.18 Å². The number of esters is 1. The molecule has 1 rings (SSSR count). The molecule has 0 aliphatic heterocycles. The highest BCUT2D eigenvalue weighted by atomic mass is 19.1. The van der Waals surface area contributed by atoms with Crippen LogP contribution in [0.1, 0.15) is 5.56 Å². The molecule has 0 amide bonds. The average molecular weight is 252 g/mol. The Balaban J connectivity index is 2.87. The molecule has 6 nitrogen and oxygen atoms in total. The summed E-state index contributed by atoms with van der Waals surface area (Å²) in [4.78, 5) is 14.0.